The number of nitro groups is 1. The standard InChI is InChI=1S/C21H21N3O9/c1-12(15-9-14(30-2)5-7-17(15)31-3)22-19(25)11-32-20(26)10-23-16-6-4-13(24(28)29)8-18(16)33-21(23)27/h4-9,12H,10-11H2,1-3H3,(H,22,25). The van der Waals surface area contributed by atoms with Crippen LogP contribution >= 0.6 is 0 Å². The molecule has 3 rings (SSSR count). The lowest BCUT2D eigenvalue weighted by Gasteiger charge is -2.18. The zero-order valence-electron chi connectivity index (χ0n) is 18.0. The summed E-state index contributed by atoms with van der Waals surface area (Å²) >= 11 is 0. The Hall–Kier alpha value is -4.35. The van der Waals surface area contributed by atoms with E-state index in [0.717, 1.165) is 10.6 Å². The molecule has 33 heavy (non-hydrogen) atoms. The van der Waals surface area contributed by atoms with E-state index in [4.69, 9.17) is 18.6 Å². The van der Waals surface area contributed by atoms with Gasteiger partial charge in [0, 0.05) is 11.6 Å². The molecule has 1 aromatic heterocycles. The van der Waals surface area contributed by atoms with Crippen LogP contribution < -0.4 is 20.5 Å². The van der Waals surface area contributed by atoms with Gasteiger partial charge < -0.3 is 23.9 Å². The SMILES string of the molecule is COc1ccc(OC)c(C(C)NC(=O)COC(=O)Cn2c(=O)oc3cc([N+](=O)[O-])ccc32)c1. The summed E-state index contributed by atoms with van der Waals surface area (Å²) in [5.74, 6) is -1.18. The molecule has 12 heteroatoms. The van der Waals surface area contributed by atoms with E-state index in [0.29, 0.717) is 17.1 Å². The van der Waals surface area contributed by atoms with Crippen LogP contribution in [0.1, 0.15) is 18.5 Å². The quantitative estimate of drug-likeness (QED) is 0.287. The minimum Gasteiger partial charge on any atom is -0.497 e. The summed E-state index contributed by atoms with van der Waals surface area (Å²) in [6, 6.07) is 8.23. The highest BCUT2D eigenvalue weighted by Gasteiger charge is 2.19. The average molecular weight is 459 g/mol. The zero-order chi connectivity index (χ0) is 24.1. The van der Waals surface area contributed by atoms with Gasteiger partial charge in [-0.1, -0.05) is 0 Å². The topological polar surface area (TPSA) is 152 Å². The molecule has 1 atom stereocenters. The van der Waals surface area contributed by atoms with Crippen molar-refractivity contribution in [3.8, 4) is 11.5 Å². The van der Waals surface area contributed by atoms with Gasteiger partial charge >= 0.3 is 11.7 Å². The maximum atomic E-state index is 12.3. The molecule has 3 aromatic rings. The van der Waals surface area contributed by atoms with Crippen molar-refractivity contribution in [2.24, 2.45) is 0 Å². The van der Waals surface area contributed by atoms with Crippen LogP contribution in [0.3, 0.4) is 0 Å². The number of hydrogen-bond acceptors (Lipinski definition) is 9. The third-order valence-electron chi connectivity index (χ3n) is 4.79. The van der Waals surface area contributed by atoms with Crippen molar-refractivity contribution < 1.29 is 33.1 Å². The summed E-state index contributed by atoms with van der Waals surface area (Å²) in [5.41, 5.74) is 0.554. The van der Waals surface area contributed by atoms with Crippen molar-refractivity contribution >= 4 is 28.7 Å². The summed E-state index contributed by atoms with van der Waals surface area (Å²) in [5, 5.41) is 13.5. The predicted octanol–water partition coefficient (Wildman–Crippen LogP) is 1.94. The number of nitrogens with one attached hydrogen (secondary N) is 1. The van der Waals surface area contributed by atoms with Gasteiger partial charge in [0.1, 0.15) is 18.0 Å². The minimum absolute atomic E-state index is 0.0409. The molecule has 0 radical (unpaired) electrons. The van der Waals surface area contributed by atoms with Gasteiger partial charge in [-0.3, -0.25) is 24.3 Å². The number of non-ortho nitro benzene ring substituents is 1. The number of nitro benzene ring substituents is 1. The Morgan fingerprint density at radius 3 is 2.61 bits per heavy atom. The number of methoxy groups -OCH3 is 2. The van der Waals surface area contributed by atoms with E-state index < -0.39 is 41.7 Å². The monoisotopic (exact) mass is 459 g/mol. The Morgan fingerprint density at radius 2 is 1.94 bits per heavy atom. The van der Waals surface area contributed by atoms with E-state index in [-0.39, 0.29) is 16.8 Å². The van der Waals surface area contributed by atoms with E-state index >= 15 is 0 Å². The first-order valence-corrected chi connectivity index (χ1v) is 9.68. The number of oxazole rings is 1. The molecule has 1 N–H and O–H groups in total. The Morgan fingerprint density at radius 1 is 1.18 bits per heavy atom. The molecule has 0 saturated carbocycles. The van der Waals surface area contributed by atoms with Crippen molar-refractivity contribution in [2.75, 3.05) is 20.8 Å². The summed E-state index contributed by atoms with van der Waals surface area (Å²) in [4.78, 5) is 46.7. The summed E-state index contributed by atoms with van der Waals surface area (Å²) in [6.07, 6.45) is 0. The van der Waals surface area contributed by atoms with Gasteiger partial charge in [-0.05, 0) is 31.2 Å². The average Bonchev–Trinajstić information content (AvgIpc) is 3.11. The van der Waals surface area contributed by atoms with Gasteiger partial charge in [0.2, 0.25) is 0 Å². The highest BCUT2D eigenvalue weighted by molar-refractivity contribution is 5.82. The first-order valence-electron chi connectivity index (χ1n) is 9.68. The fourth-order valence-corrected chi connectivity index (χ4v) is 3.18. The molecule has 0 spiro atoms. The van der Waals surface area contributed by atoms with Crippen LogP contribution in [-0.4, -0.2) is 42.2 Å². The van der Waals surface area contributed by atoms with Crippen LogP contribution in [0.4, 0.5) is 5.69 Å². The van der Waals surface area contributed by atoms with Crippen molar-refractivity contribution in [3.63, 3.8) is 0 Å². The number of fused-ring (bicyclic) bond motifs is 1. The van der Waals surface area contributed by atoms with Gasteiger partial charge in [-0.2, -0.15) is 0 Å². The number of carbonyl (C=O) groups is 2. The van der Waals surface area contributed by atoms with Gasteiger partial charge in [-0.15, -0.1) is 0 Å². The second-order valence-corrected chi connectivity index (χ2v) is 6.92. The molecule has 12 nitrogen and oxygen atoms in total. The summed E-state index contributed by atoms with van der Waals surface area (Å²) in [7, 11) is 3.02. The Kier molecular flexibility index (Phi) is 6.96. The fraction of sp³-hybridized carbons (Fsp3) is 0.286. The van der Waals surface area contributed by atoms with Gasteiger partial charge in [0.15, 0.2) is 12.2 Å². The highest BCUT2D eigenvalue weighted by Crippen LogP contribution is 2.29. The number of hydrogen-bond donors (Lipinski definition) is 1. The predicted molar refractivity (Wildman–Crippen MR) is 114 cm³/mol. The molecule has 0 aliphatic rings. The van der Waals surface area contributed by atoms with Crippen LogP contribution in [0.15, 0.2) is 45.6 Å². The van der Waals surface area contributed by atoms with E-state index in [1.54, 1.807) is 25.1 Å². The number of ether oxygens (including phenoxy) is 3. The molecule has 1 amide bonds. The summed E-state index contributed by atoms with van der Waals surface area (Å²) < 4.78 is 21.4. The van der Waals surface area contributed by atoms with Crippen molar-refractivity contribution in [1.29, 1.82) is 0 Å². The van der Waals surface area contributed by atoms with Crippen molar-refractivity contribution in [2.45, 2.75) is 19.5 Å². The Bertz CT molecular complexity index is 1260. The number of benzene rings is 2. The molecule has 1 unspecified atom stereocenters. The molecule has 1 heterocycles. The van der Waals surface area contributed by atoms with E-state index in [1.165, 1.54) is 26.4 Å². The van der Waals surface area contributed by atoms with Crippen LogP contribution in [0.5, 0.6) is 11.5 Å². The number of rotatable bonds is 9. The summed E-state index contributed by atoms with van der Waals surface area (Å²) in [6.45, 7) is 0.620. The third-order valence-corrected chi connectivity index (χ3v) is 4.79. The molecular weight excluding hydrogens is 438 g/mol. The fourth-order valence-electron chi connectivity index (χ4n) is 3.18. The van der Waals surface area contributed by atoms with Gasteiger partial charge in [0.05, 0.1) is 36.8 Å². The lowest BCUT2D eigenvalue weighted by molar-refractivity contribution is -0.384. The number of esters is 1. The van der Waals surface area contributed by atoms with Crippen LogP contribution in [-0.2, 0) is 20.9 Å². The number of aromatic nitrogens is 1. The van der Waals surface area contributed by atoms with Crippen molar-refractivity contribution in [3.05, 3.63) is 62.6 Å². The number of carbonyl (C=O) groups excluding carboxylic acids is 2. The van der Waals surface area contributed by atoms with Crippen molar-refractivity contribution in [1.82, 2.24) is 9.88 Å². The van der Waals surface area contributed by atoms with Gasteiger partial charge in [0.25, 0.3) is 11.6 Å². The van der Waals surface area contributed by atoms with Gasteiger partial charge in [-0.25, -0.2) is 4.79 Å². The molecule has 0 bridgehead atoms. The zero-order valence-corrected chi connectivity index (χ0v) is 18.0. The molecule has 0 saturated heterocycles. The molecule has 0 aliphatic carbocycles. The Balaban J connectivity index is 1.61. The molecule has 2 aromatic carbocycles. The lowest BCUT2D eigenvalue weighted by atomic mass is 10.1. The van der Waals surface area contributed by atoms with Crippen LogP contribution in [0.2, 0.25) is 0 Å². The first kappa shape index (κ1) is 23.3. The highest BCUT2D eigenvalue weighted by atomic mass is 16.6. The van der Waals surface area contributed by atoms with Crippen LogP contribution in [0.25, 0.3) is 11.1 Å². The number of amides is 1. The molecule has 174 valence electrons. The molecular formula is C21H21N3O9. The van der Waals surface area contributed by atoms with E-state index in [9.17, 15) is 24.5 Å². The first-order chi connectivity index (χ1) is 15.7. The number of nitrogens with zero attached hydrogens (tertiary/aromatic N) is 2. The molecule has 0 fully saturated rings. The second-order valence-electron chi connectivity index (χ2n) is 6.92. The molecule has 0 aliphatic heterocycles. The van der Waals surface area contributed by atoms with Crippen LogP contribution in [0, 0.1) is 10.1 Å². The normalized spacial score (nSPS) is 11.6. The largest absolute Gasteiger partial charge is 0.497 e. The van der Waals surface area contributed by atoms with E-state index in [2.05, 4.69) is 5.32 Å². The third kappa shape index (κ3) is 5.29. The maximum absolute atomic E-state index is 12.3. The second kappa shape index (κ2) is 9.85. The maximum Gasteiger partial charge on any atom is 0.420 e. The van der Waals surface area contributed by atoms with E-state index in [1.807, 2.05) is 0 Å². The smallest absolute Gasteiger partial charge is 0.420 e. The Labute approximate surface area is 186 Å². The lowest BCUT2D eigenvalue weighted by Crippen LogP contribution is -2.32. The minimum atomic E-state index is -0.884.